The molecule has 0 radical (unpaired) electrons. The average Bonchev–Trinajstić information content (AvgIpc) is 2.90. The smallest absolute Gasteiger partial charge is 0.255 e. The van der Waals surface area contributed by atoms with Crippen molar-refractivity contribution in [3.8, 4) is 0 Å². The zero-order valence-electron chi connectivity index (χ0n) is 13.7. The van der Waals surface area contributed by atoms with Gasteiger partial charge >= 0.3 is 0 Å². The Kier molecular flexibility index (Phi) is 4.15. The maximum atomic E-state index is 14.3. The molecule has 0 saturated carbocycles. The number of fused-ring (bicyclic) bond motifs is 2. The van der Waals surface area contributed by atoms with E-state index >= 15 is 0 Å². The van der Waals surface area contributed by atoms with Gasteiger partial charge in [-0.25, -0.2) is 13.5 Å². The quantitative estimate of drug-likeness (QED) is 0.660. The molecule has 130 valence electrons. The molecule has 6 heteroatoms. The second-order valence-electron chi connectivity index (χ2n) is 6.85. The number of alkyl halides is 2. The van der Waals surface area contributed by atoms with Crippen molar-refractivity contribution in [1.29, 1.82) is 0 Å². The predicted octanol–water partition coefficient (Wildman–Crippen LogP) is 5.57. The fourth-order valence-electron chi connectivity index (χ4n) is 4.10. The monoisotopic (exact) mass is 398 g/mol. The molecule has 2 unspecified atom stereocenters. The number of halogens is 3. The van der Waals surface area contributed by atoms with Crippen LogP contribution in [0.3, 0.4) is 0 Å². The zero-order chi connectivity index (χ0) is 16.9. The van der Waals surface area contributed by atoms with Gasteiger partial charge in [0.05, 0.1) is 5.52 Å². The van der Waals surface area contributed by atoms with Crippen LogP contribution in [0, 0.1) is 0 Å². The first-order chi connectivity index (χ1) is 11.5. The van der Waals surface area contributed by atoms with Crippen molar-refractivity contribution in [1.82, 2.24) is 9.78 Å². The summed E-state index contributed by atoms with van der Waals surface area (Å²) in [5.74, 6) is -3.32. The van der Waals surface area contributed by atoms with E-state index in [1.54, 1.807) is 0 Å². The summed E-state index contributed by atoms with van der Waals surface area (Å²) in [5.41, 5.74) is 2.79. The molecule has 0 bridgehead atoms. The first-order valence-corrected chi connectivity index (χ1v) is 9.50. The highest BCUT2D eigenvalue weighted by Crippen LogP contribution is 2.46. The Morgan fingerprint density at radius 3 is 2.92 bits per heavy atom. The van der Waals surface area contributed by atoms with E-state index < -0.39 is 11.8 Å². The Morgan fingerprint density at radius 1 is 1.38 bits per heavy atom. The van der Waals surface area contributed by atoms with Crippen molar-refractivity contribution in [3.63, 3.8) is 0 Å². The maximum Gasteiger partial charge on any atom is 0.255 e. The summed E-state index contributed by atoms with van der Waals surface area (Å²) in [7, 11) is 0. The van der Waals surface area contributed by atoms with Crippen LogP contribution in [0.1, 0.15) is 62.3 Å². The first-order valence-electron chi connectivity index (χ1n) is 8.71. The molecule has 0 N–H and O–H groups in total. The molecule has 1 aliphatic carbocycles. The van der Waals surface area contributed by atoms with E-state index in [1.165, 1.54) is 0 Å². The SMILES string of the molecule is CCC1c2cc3c(Br)nn(C4CCCCO4)c3cc2CCC1(F)F. The van der Waals surface area contributed by atoms with Crippen molar-refractivity contribution in [2.45, 2.75) is 63.5 Å². The van der Waals surface area contributed by atoms with Crippen molar-refractivity contribution in [2.75, 3.05) is 6.61 Å². The Labute approximate surface area is 148 Å². The number of hydrogen-bond donors (Lipinski definition) is 0. The second kappa shape index (κ2) is 6.06. The Hall–Kier alpha value is -1.01. The van der Waals surface area contributed by atoms with Gasteiger partial charge in [-0.1, -0.05) is 6.92 Å². The molecule has 1 saturated heterocycles. The van der Waals surface area contributed by atoms with Crippen LogP contribution < -0.4 is 0 Å². The molecule has 2 aromatic rings. The number of ether oxygens (including phenoxy) is 1. The van der Waals surface area contributed by atoms with Gasteiger partial charge in [0, 0.05) is 24.3 Å². The summed E-state index contributed by atoms with van der Waals surface area (Å²) in [6.07, 6.45) is 3.89. The predicted molar refractivity (Wildman–Crippen MR) is 92.6 cm³/mol. The van der Waals surface area contributed by atoms with E-state index in [0.717, 1.165) is 47.9 Å². The van der Waals surface area contributed by atoms with Crippen LogP contribution in [0.15, 0.2) is 16.7 Å². The van der Waals surface area contributed by atoms with Crippen LogP contribution in [0.25, 0.3) is 10.9 Å². The van der Waals surface area contributed by atoms with E-state index in [1.807, 2.05) is 17.7 Å². The van der Waals surface area contributed by atoms with Gasteiger partial charge in [0.2, 0.25) is 0 Å². The van der Waals surface area contributed by atoms with Crippen LogP contribution in [0.4, 0.5) is 8.78 Å². The standard InChI is InChI=1S/C18H21BrF2N2O/c1-2-14-12-10-13-15(9-11(12)6-7-18(14,20)21)23(22-17(13)19)16-5-3-4-8-24-16/h9-10,14,16H,2-8H2,1H3. The van der Waals surface area contributed by atoms with Gasteiger partial charge in [-0.15, -0.1) is 0 Å². The van der Waals surface area contributed by atoms with Gasteiger partial charge in [0.25, 0.3) is 5.92 Å². The number of aryl methyl sites for hydroxylation is 1. The molecule has 24 heavy (non-hydrogen) atoms. The molecule has 2 atom stereocenters. The Bertz CT molecular complexity index is 768. The minimum absolute atomic E-state index is 0.0578. The number of rotatable bonds is 2. The number of benzene rings is 1. The summed E-state index contributed by atoms with van der Waals surface area (Å²) < 4.78 is 37.1. The second-order valence-corrected chi connectivity index (χ2v) is 7.60. The fourth-order valence-corrected chi connectivity index (χ4v) is 4.59. The van der Waals surface area contributed by atoms with E-state index in [0.29, 0.717) is 17.4 Å². The van der Waals surface area contributed by atoms with Crippen LogP contribution in [-0.4, -0.2) is 22.3 Å². The molecule has 4 rings (SSSR count). The van der Waals surface area contributed by atoms with Gasteiger partial charge in [0.15, 0.2) is 6.23 Å². The van der Waals surface area contributed by atoms with Gasteiger partial charge in [-0.3, -0.25) is 0 Å². The topological polar surface area (TPSA) is 27.1 Å². The summed E-state index contributed by atoms with van der Waals surface area (Å²) in [6.45, 7) is 2.59. The van der Waals surface area contributed by atoms with Gasteiger partial charge in [0.1, 0.15) is 4.60 Å². The van der Waals surface area contributed by atoms with Crippen LogP contribution in [0.5, 0.6) is 0 Å². The largest absolute Gasteiger partial charge is 0.356 e. The average molecular weight is 399 g/mol. The first kappa shape index (κ1) is 16.5. The van der Waals surface area contributed by atoms with Crippen molar-refractivity contribution < 1.29 is 13.5 Å². The summed E-state index contributed by atoms with van der Waals surface area (Å²) >= 11 is 3.51. The third kappa shape index (κ3) is 2.58. The van der Waals surface area contributed by atoms with E-state index in [-0.39, 0.29) is 12.6 Å². The summed E-state index contributed by atoms with van der Waals surface area (Å²) in [5, 5.41) is 5.49. The molecule has 1 aromatic heterocycles. The Balaban J connectivity index is 1.84. The van der Waals surface area contributed by atoms with Gasteiger partial charge < -0.3 is 4.74 Å². The van der Waals surface area contributed by atoms with Gasteiger partial charge in [-0.05, 0) is 71.3 Å². The van der Waals surface area contributed by atoms with Crippen LogP contribution in [-0.2, 0) is 11.2 Å². The summed E-state index contributed by atoms with van der Waals surface area (Å²) in [4.78, 5) is 0. The van der Waals surface area contributed by atoms with Crippen molar-refractivity contribution >= 4 is 26.8 Å². The molecule has 2 heterocycles. The Morgan fingerprint density at radius 2 is 2.21 bits per heavy atom. The molecular formula is C18H21BrF2N2O. The van der Waals surface area contributed by atoms with Crippen LogP contribution in [0.2, 0.25) is 0 Å². The van der Waals surface area contributed by atoms with E-state index in [4.69, 9.17) is 4.74 Å². The number of hydrogen-bond acceptors (Lipinski definition) is 2. The molecule has 0 spiro atoms. The molecule has 0 amide bonds. The zero-order valence-corrected chi connectivity index (χ0v) is 15.3. The third-order valence-corrected chi connectivity index (χ3v) is 5.96. The highest BCUT2D eigenvalue weighted by Gasteiger charge is 2.43. The molecule has 1 aliphatic heterocycles. The van der Waals surface area contributed by atoms with E-state index in [2.05, 4.69) is 27.1 Å². The van der Waals surface area contributed by atoms with Gasteiger partial charge in [-0.2, -0.15) is 5.10 Å². The lowest BCUT2D eigenvalue weighted by atomic mass is 9.78. The molecule has 1 aromatic carbocycles. The number of nitrogens with zero attached hydrogens (tertiary/aromatic N) is 2. The maximum absolute atomic E-state index is 14.3. The molecular weight excluding hydrogens is 378 g/mol. The highest BCUT2D eigenvalue weighted by atomic mass is 79.9. The lowest BCUT2D eigenvalue weighted by Crippen LogP contribution is -2.31. The molecule has 1 fully saturated rings. The number of aromatic nitrogens is 2. The van der Waals surface area contributed by atoms with Crippen molar-refractivity contribution in [2.24, 2.45) is 0 Å². The molecule has 2 aliphatic rings. The van der Waals surface area contributed by atoms with E-state index in [9.17, 15) is 8.78 Å². The normalized spacial score (nSPS) is 26.5. The van der Waals surface area contributed by atoms with Crippen molar-refractivity contribution in [3.05, 3.63) is 27.9 Å². The fraction of sp³-hybridized carbons (Fsp3) is 0.611. The minimum Gasteiger partial charge on any atom is -0.356 e. The lowest BCUT2D eigenvalue weighted by molar-refractivity contribution is -0.0426. The summed E-state index contributed by atoms with van der Waals surface area (Å²) in [6, 6.07) is 3.97. The third-order valence-electron chi connectivity index (χ3n) is 5.37. The van der Waals surface area contributed by atoms with Crippen LogP contribution >= 0.6 is 15.9 Å². The molecule has 3 nitrogen and oxygen atoms in total. The highest BCUT2D eigenvalue weighted by molar-refractivity contribution is 9.10. The minimum atomic E-state index is -2.62. The lowest BCUT2D eigenvalue weighted by Gasteiger charge is -2.33.